The fourth-order valence-electron chi connectivity index (χ4n) is 3.45. The van der Waals surface area contributed by atoms with Crippen LogP contribution in [0.4, 0.5) is 0 Å². The Kier molecular flexibility index (Phi) is 3.76. The Morgan fingerprint density at radius 2 is 2.12 bits per heavy atom. The Morgan fingerprint density at radius 1 is 1.29 bits per heavy atom. The molecule has 0 unspecified atom stereocenters. The van der Waals surface area contributed by atoms with Gasteiger partial charge < -0.3 is 9.80 Å². The largest absolute Gasteiger partial charge is 0.335 e. The summed E-state index contributed by atoms with van der Waals surface area (Å²) in [5.41, 5.74) is 1.55. The second kappa shape index (κ2) is 5.94. The van der Waals surface area contributed by atoms with Crippen molar-refractivity contribution in [2.24, 2.45) is 0 Å². The van der Waals surface area contributed by atoms with Crippen molar-refractivity contribution in [2.45, 2.75) is 30.8 Å². The third-order valence-electron chi connectivity index (χ3n) is 4.93. The lowest BCUT2D eigenvalue weighted by Crippen LogP contribution is -2.37. The molecule has 8 nitrogen and oxygen atoms in total. The van der Waals surface area contributed by atoms with Gasteiger partial charge in [-0.1, -0.05) is 5.21 Å². The van der Waals surface area contributed by atoms with Crippen LogP contribution in [0, 0.1) is 0 Å². The second-order valence-corrected chi connectivity index (χ2v) is 6.79. The molecule has 0 spiro atoms. The Bertz CT molecular complexity index is 726. The molecule has 24 heavy (non-hydrogen) atoms. The monoisotopic (exact) mass is 327 g/mol. The van der Waals surface area contributed by atoms with Crippen LogP contribution in [0.1, 0.15) is 40.9 Å². The van der Waals surface area contributed by atoms with E-state index in [1.165, 1.54) is 6.33 Å². The molecule has 0 aromatic carbocycles. The number of aromatic nitrogens is 5. The summed E-state index contributed by atoms with van der Waals surface area (Å²) in [7, 11) is 4.06. The van der Waals surface area contributed by atoms with Gasteiger partial charge in [-0.3, -0.25) is 4.79 Å². The molecule has 126 valence electrons. The number of rotatable bonds is 4. The predicted octanol–water partition coefficient (Wildman–Crippen LogP) is 0.573. The number of likely N-dealkylation sites (N-methyl/N-ethyl adjacent to an activating group) is 1. The first-order valence-electron chi connectivity index (χ1n) is 8.26. The maximum atomic E-state index is 13.1. The van der Waals surface area contributed by atoms with Crippen LogP contribution < -0.4 is 0 Å². The first-order valence-corrected chi connectivity index (χ1v) is 8.26. The maximum Gasteiger partial charge on any atom is 0.257 e. The summed E-state index contributed by atoms with van der Waals surface area (Å²) in [6.45, 7) is 1.28. The normalized spacial score (nSPS) is 23.9. The van der Waals surface area contributed by atoms with Gasteiger partial charge in [0.15, 0.2) is 0 Å². The molecule has 0 N–H and O–H groups in total. The van der Waals surface area contributed by atoms with Crippen molar-refractivity contribution in [3.05, 3.63) is 36.2 Å². The van der Waals surface area contributed by atoms with E-state index >= 15 is 0 Å². The van der Waals surface area contributed by atoms with Gasteiger partial charge in [0.2, 0.25) is 0 Å². The molecule has 4 rings (SSSR count). The number of carbonyl (C=O) groups excluding carboxylic acids is 1. The molecule has 1 aliphatic heterocycles. The smallest absolute Gasteiger partial charge is 0.257 e. The lowest BCUT2D eigenvalue weighted by Gasteiger charge is -2.24. The topological polar surface area (TPSA) is 80.0 Å². The Balaban J connectivity index is 1.60. The molecule has 1 saturated carbocycles. The van der Waals surface area contributed by atoms with Gasteiger partial charge in [-0.15, -0.1) is 5.10 Å². The standard InChI is InChI=1S/C16H21N7O/c1-21(2)13-8-22(9-14(13)23-6-5-19-20-23)16(24)12-7-17-10-18-15(12)11-3-4-11/h5-7,10-11,13-14H,3-4,8-9H2,1-2H3/t13-,14+/m1/s1. The first-order chi connectivity index (χ1) is 11.6. The van der Waals surface area contributed by atoms with E-state index in [2.05, 4.69) is 25.2 Å². The van der Waals surface area contributed by atoms with Crippen LogP contribution >= 0.6 is 0 Å². The van der Waals surface area contributed by atoms with Crippen molar-refractivity contribution < 1.29 is 4.79 Å². The van der Waals surface area contributed by atoms with E-state index in [0.717, 1.165) is 18.5 Å². The fraction of sp³-hybridized carbons (Fsp3) is 0.562. The van der Waals surface area contributed by atoms with Gasteiger partial charge in [-0.25, -0.2) is 14.6 Å². The first kappa shape index (κ1) is 15.2. The fourth-order valence-corrected chi connectivity index (χ4v) is 3.45. The second-order valence-electron chi connectivity index (χ2n) is 6.79. The molecule has 2 atom stereocenters. The van der Waals surface area contributed by atoms with Crippen LogP contribution in [-0.2, 0) is 0 Å². The van der Waals surface area contributed by atoms with Gasteiger partial charge in [0.25, 0.3) is 5.91 Å². The van der Waals surface area contributed by atoms with E-state index in [-0.39, 0.29) is 18.0 Å². The summed E-state index contributed by atoms with van der Waals surface area (Å²) < 4.78 is 1.85. The zero-order valence-corrected chi connectivity index (χ0v) is 13.9. The molecule has 1 saturated heterocycles. The van der Waals surface area contributed by atoms with E-state index in [0.29, 0.717) is 24.6 Å². The quantitative estimate of drug-likeness (QED) is 0.817. The number of amides is 1. The van der Waals surface area contributed by atoms with Crippen molar-refractivity contribution in [1.82, 2.24) is 34.8 Å². The number of hydrogen-bond acceptors (Lipinski definition) is 6. The molecule has 3 heterocycles. The Hall–Kier alpha value is -2.35. The third kappa shape index (κ3) is 2.66. The van der Waals surface area contributed by atoms with Gasteiger partial charge in [0.1, 0.15) is 6.33 Å². The molecule has 1 aliphatic carbocycles. The highest BCUT2D eigenvalue weighted by Gasteiger charge is 2.40. The number of hydrogen-bond donors (Lipinski definition) is 0. The molecule has 1 amide bonds. The van der Waals surface area contributed by atoms with Crippen LogP contribution in [0.5, 0.6) is 0 Å². The van der Waals surface area contributed by atoms with Crippen LogP contribution in [0.15, 0.2) is 24.9 Å². The molecule has 2 aromatic heterocycles. The van der Waals surface area contributed by atoms with Crippen molar-refractivity contribution in [3.63, 3.8) is 0 Å². The van der Waals surface area contributed by atoms with Crippen LogP contribution in [-0.4, -0.2) is 73.9 Å². The van der Waals surface area contributed by atoms with Gasteiger partial charge in [-0.05, 0) is 26.9 Å². The zero-order valence-electron chi connectivity index (χ0n) is 13.9. The molecular weight excluding hydrogens is 306 g/mol. The zero-order chi connectivity index (χ0) is 16.7. The molecule has 2 aromatic rings. The van der Waals surface area contributed by atoms with Gasteiger partial charge in [-0.2, -0.15) is 0 Å². The highest BCUT2D eigenvalue weighted by atomic mass is 16.2. The number of nitrogens with zero attached hydrogens (tertiary/aromatic N) is 7. The minimum absolute atomic E-state index is 0.0203. The molecule has 2 fully saturated rings. The number of carbonyl (C=O) groups is 1. The van der Waals surface area contributed by atoms with E-state index in [4.69, 9.17) is 0 Å². The molecule has 2 aliphatic rings. The molecule has 0 bridgehead atoms. The van der Waals surface area contributed by atoms with Crippen LogP contribution in [0.2, 0.25) is 0 Å². The van der Waals surface area contributed by atoms with Crippen molar-refractivity contribution >= 4 is 5.91 Å². The summed E-state index contributed by atoms with van der Waals surface area (Å²) in [5.74, 6) is 0.442. The third-order valence-corrected chi connectivity index (χ3v) is 4.93. The van der Waals surface area contributed by atoms with E-state index in [9.17, 15) is 4.79 Å². The Morgan fingerprint density at radius 3 is 2.79 bits per heavy atom. The highest BCUT2D eigenvalue weighted by Crippen LogP contribution is 2.40. The van der Waals surface area contributed by atoms with E-state index < -0.39 is 0 Å². The Labute approximate surface area is 140 Å². The van der Waals surface area contributed by atoms with Gasteiger partial charge >= 0.3 is 0 Å². The summed E-state index contributed by atoms with van der Waals surface area (Å²) in [6, 6.07) is 0.296. The summed E-state index contributed by atoms with van der Waals surface area (Å²) in [6.07, 6.45) is 8.95. The summed E-state index contributed by atoms with van der Waals surface area (Å²) >= 11 is 0. The van der Waals surface area contributed by atoms with E-state index in [1.54, 1.807) is 12.4 Å². The van der Waals surface area contributed by atoms with Gasteiger partial charge in [0.05, 0.1) is 29.5 Å². The van der Waals surface area contributed by atoms with E-state index in [1.807, 2.05) is 29.9 Å². The van der Waals surface area contributed by atoms with Crippen molar-refractivity contribution in [3.8, 4) is 0 Å². The SMILES string of the molecule is CN(C)[C@@H]1CN(C(=O)c2cncnc2C2CC2)C[C@@H]1n1ccnn1. The van der Waals surface area contributed by atoms with Crippen molar-refractivity contribution in [2.75, 3.05) is 27.2 Å². The molecule has 8 heteroatoms. The minimum atomic E-state index is 0.0203. The van der Waals surface area contributed by atoms with Crippen LogP contribution in [0.25, 0.3) is 0 Å². The molecule has 0 radical (unpaired) electrons. The maximum absolute atomic E-state index is 13.1. The highest BCUT2D eigenvalue weighted by molar-refractivity contribution is 5.95. The van der Waals surface area contributed by atoms with Gasteiger partial charge in [0, 0.05) is 31.4 Å². The lowest BCUT2D eigenvalue weighted by molar-refractivity contribution is 0.0779. The predicted molar refractivity (Wildman–Crippen MR) is 86.4 cm³/mol. The lowest BCUT2D eigenvalue weighted by atomic mass is 10.1. The average Bonchev–Trinajstić information content (AvgIpc) is 3.11. The summed E-state index contributed by atoms with van der Waals surface area (Å²) in [5, 5.41) is 8.04. The number of likely N-dealkylation sites (tertiary alicyclic amines) is 1. The average molecular weight is 327 g/mol. The minimum Gasteiger partial charge on any atom is -0.335 e. The van der Waals surface area contributed by atoms with Crippen LogP contribution in [0.3, 0.4) is 0 Å². The van der Waals surface area contributed by atoms with Crippen molar-refractivity contribution in [1.29, 1.82) is 0 Å². The summed E-state index contributed by atoms with van der Waals surface area (Å²) in [4.78, 5) is 25.5. The molecular formula is C16H21N7O.